The molecule has 1 heterocycles. The summed E-state index contributed by atoms with van der Waals surface area (Å²) in [5.74, 6) is -0.549. The molecule has 0 aliphatic heterocycles. The molecule has 0 radical (unpaired) electrons. The Morgan fingerprint density at radius 1 is 0.840 bits per heavy atom. The van der Waals surface area contributed by atoms with Crippen molar-refractivity contribution in [3.63, 3.8) is 0 Å². The van der Waals surface area contributed by atoms with Crippen molar-refractivity contribution in [2.75, 3.05) is 0 Å². The van der Waals surface area contributed by atoms with Crippen molar-refractivity contribution in [1.29, 1.82) is 10.5 Å². The molecule has 25 heavy (non-hydrogen) atoms. The van der Waals surface area contributed by atoms with Crippen LogP contribution < -0.4 is 0 Å². The topological polar surface area (TPSA) is 75.7 Å². The average molecular weight is 332 g/mol. The Morgan fingerprint density at radius 3 is 1.96 bits per heavy atom. The van der Waals surface area contributed by atoms with Crippen molar-refractivity contribution < 1.29 is 8.78 Å². The van der Waals surface area contributed by atoms with Crippen LogP contribution >= 0.6 is 0 Å². The van der Waals surface area contributed by atoms with Crippen LogP contribution in [0.15, 0.2) is 53.5 Å². The zero-order valence-corrected chi connectivity index (χ0v) is 12.8. The number of aliphatic imine (C=N–C) groups is 1. The SMILES string of the molecule is N#Cc1c(/N=C/c2ccc(F)cc2)[nH]c(-c2ccc(F)cc2)c1C#N. The molecule has 0 aliphatic rings. The molecule has 0 saturated heterocycles. The highest BCUT2D eigenvalue weighted by Gasteiger charge is 2.18. The van der Waals surface area contributed by atoms with Crippen LogP contribution in [0.3, 0.4) is 0 Å². The van der Waals surface area contributed by atoms with Gasteiger partial charge in [0.1, 0.15) is 35.2 Å². The van der Waals surface area contributed by atoms with E-state index in [1.807, 2.05) is 12.1 Å². The van der Waals surface area contributed by atoms with Crippen LogP contribution in [0.2, 0.25) is 0 Å². The first-order valence-corrected chi connectivity index (χ1v) is 7.24. The molecule has 0 saturated carbocycles. The molecule has 0 atom stereocenters. The Kier molecular flexibility index (Phi) is 4.36. The molecule has 0 aliphatic carbocycles. The van der Waals surface area contributed by atoms with Crippen LogP contribution in [-0.2, 0) is 0 Å². The third kappa shape index (κ3) is 3.29. The lowest BCUT2D eigenvalue weighted by atomic mass is 10.1. The fourth-order valence-electron chi connectivity index (χ4n) is 2.33. The highest BCUT2D eigenvalue weighted by Crippen LogP contribution is 2.31. The molecule has 0 bridgehead atoms. The van der Waals surface area contributed by atoms with Crippen molar-refractivity contribution in [1.82, 2.24) is 4.98 Å². The maximum Gasteiger partial charge on any atom is 0.149 e. The third-order valence-electron chi connectivity index (χ3n) is 3.55. The molecule has 3 aromatic rings. The van der Waals surface area contributed by atoms with E-state index < -0.39 is 5.82 Å². The van der Waals surface area contributed by atoms with E-state index in [4.69, 9.17) is 0 Å². The normalized spacial score (nSPS) is 10.6. The zero-order chi connectivity index (χ0) is 17.8. The highest BCUT2D eigenvalue weighted by molar-refractivity contribution is 5.84. The van der Waals surface area contributed by atoms with E-state index in [1.165, 1.54) is 42.6 Å². The lowest BCUT2D eigenvalue weighted by Gasteiger charge is -1.98. The number of hydrogen-bond donors (Lipinski definition) is 1. The molecule has 6 heteroatoms. The molecule has 120 valence electrons. The maximum absolute atomic E-state index is 13.1. The smallest absolute Gasteiger partial charge is 0.149 e. The van der Waals surface area contributed by atoms with Gasteiger partial charge in [-0.1, -0.05) is 12.1 Å². The Labute approximate surface area is 142 Å². The van der Waals surface area contributed by atoms with Crippen LogP contribution in [0.25, 0.3) is 11.3 Å². The van der Waals surface area contributed by atoms with Crippen LogP contribution in [0.5, 0.6) is 0 Å². The summed E-state index contributed by atoms with van der Waals surface area (Å²) in [6.07, 6.45) is 1.46. The maximum atomic E-state index is 13.1. The van der Waals surface area contributed by atoms with Crippen LogP contribution in [0.1, 0.15) is 16.7 Å². The predicted octanol–water partition coefficient (Wildman–Crippen LogP) is 4.45. The Hall–Kier alpha value is -3.77. The van der Waals surface area contributed by atoms with Crippen LogP contribution in [0.4, 0.5) is 14.6 Å². The lowest BCUT2D eigenvalue weighted by Crippen LogP contribution is -1.83. The van der Waals surface area contributed by atoms with Crippen molar-refractivity contribution in [2.24, 2.45) is 4.99 Å². The predicted molar refractivity (Wildman–Crippen MR) is 89.3 cm³/mol. The minimum absolute atomic E-state index is 0.0974. The first kappa shape index (κ1) is 16.1. The zero-order valence-electron chi connectivity index (χ0n) is 12.8. The summed E-state index contributed by atoms with van der Waals surface area (Å²) in [6, 6.07) is 15.2. The van der Waals surface area contributed by atoms with Gasteiger partial charge in [-0.3, -0.25) is 0 Å². The second kappa shape index (κ2) is 6.77. The van der Waals surface area contributed by atoms with E-state index in [0.29, 0.717) is 16.8 Å². The number of rotatable bonds is 3. The molecule has 3 rings (SSSR count). The van der Waals surface area contributed by atoms with Gasteiger partial charge in [0.2, 0.25) is 0 Å². The first-order valence-electron chi connectivity index (χ1n) is 7.24. The fraction of sp³-hybridized carbons (Fsp3) is 0. The highest BCUT2D eigenvalue weighted by atomic mass is 19.1. The number of nitrogens with one attached hydrogen (secondary N) is 1. The largest absolute Gasteiger partial charge is 0.337 e. The van der Waals surface area contributed by atoms with Gasteiger partial charge in [0.15, 0.2) is 0 Å². The number of H-pyrrole nitrogens is 1. The van der Waals surface area contributed by atoms with Gasteiger partial charge >= 0.3 is 0 Å². The number of aromatic nitrogens is 1. The lowest BCUT2D eigenvalue weighted by molar-refractivity contribution is 0.627. The number of halogens is 2. The second-order valence-corrected chi connectivity index (χ2v) is 5.14. The summed E-state index contributed by atoms with van der Waals surface area (Å²) < 4.78 is 26.0. The molecule has 0 unspecified atom stereocenters. The summed E-state index contributed by atoms with van der Waals surface area (Å²) in [7, 11) is 0. The van der Waals surface area contributed by atoms with E-state index in [2.05, 4.69) is 9.98 Å². The molecule has 1 N–H and O–H groups in total. The van der Waals surface area contributed by atoms with Crippen molar-refractivity contribution in [2.45, 2.75) is 0 Å². The van der Waals surface area contributed by atoms with Crippen LogP contribution in [-0.4, -0.2) is 11.2 Å². The summed E-state index contributed by atoms with van der Waals surface area (Å²) in [5, 5.41) is 18.8. The number of nitrogens with zero attached hydrogens (tertiary/aromatic N) is 3. The van der Waals surface area contributed by atoms with Gasteiger partial charge in [-0.15, -0.1) is 0 Å². The quantitative estimate of drug-likeness (QED) is 0.719. The summed E-state index contributed by atoms with van der Waals surface area (Å²) in [6.45, 7) is 0. The fourth-order valence-corrected chi connectivity index (χ4v) is 2.33. The summed E-state index contributed by atoms with van der Waals surface area (Å²) >= 11 is 0. The van der Waals surface area contributed by atoms with E-state index >= 15 is 0 Å². The van der Waals surface area contributed by atoms with Crippen molar-refractivity contribution in [3.05, 3.63) is 76.9 Å². The third-order valence-corrected chi connectivity index (χ3v) is 3.55. The van der Waals surface area contributed by atoms with Gasteiger partial charge in [-0.2, -0.15) is 10.5 Å². The number of aromatic amines is 1. The van der Waals surface area contributed by atoms with Crippen molar-refractivity contribution in [3.8, 4) is 23.4 Å². The van der Waals surface area contributed by atoms with Crippen molar-refractivity contribution >= 4 is 12.0 Å². The molecule has 2 aromatic carbocycles. The van der Waals surface area contributed by atoms with Gasteiger partial charge in [0, 0.05) is 6.21 Å². The Morgan fingerprint density at radius 2 is 1.40 bits per heavy atom. The molecular weight excluding hydrogens is 322 g/mol. The number of benzene rings is 2. The minimum Gasteiger partial charge on any atom is -0.337 e. The Bertz CT molecular complexity index is 1020. The van der Waals surface area contributed by atoms with Gasteiger partial charge in [-0.05, 0) is 47.5 Å². The first-order chi connectivity index (χ1) is 12.1. The second-order valence-electron chi connectivity index (χ2n) is 5.14. The molecule has 0 fully saturated rings. The summed E-state index contributed by atoms with van der Waals surface area (Å²) in [4.78, 5) is 7.13. The molecular formula is C19H10F2N4. The number of nitriles is 2. The van der Waals surface area contributed by atoms with E-state index in [9.17, 15) is 19.3 Å². The van der Waals surface area contributed by atoms with Gasteiger partial charge in [-0.25, -0.2) is 13.8 Å². The standard InChI is InChI=1S/C19H10F2N4/c20-14-5-1-12(2-6-14)11-24-19-17(10-23)16(9-22)18(25-19)13-3-7-15(21)8-4-13/h1-8,11,25H/b24-11+. The monoisotopic (exact) mass is 332 g/mol. The molecule has 0 amide bonds. The molecule has 4 nitrogen and oxygen atoms in total. The van der Waals surface area contributed by atoms with Gasteiger partial charge < -0.3 is 4.98 Å². The van der Waals surface area contributed by atoms with Gasteiger partial charge in [0.05, 0.1) is 11.3 Å². The minimum atomic E-state index is -0.399. The van der Waals surface area contributed by atoms with E-state index in [0.717, 1.165) is 0 Å². The van der Waals surface area contributed by atoms with E-state index in [-0.39, 0.29) is 22.8 Å². The Balaban J connectivity index is 2.05. The molecule has 1 aromatic heterocycles. The molecule has 0 spiro atoms. The van der Waals surface area contributed by atoms with Gasteiger partial charge in [0.25, 0.3) is 0 Å². The van der Waals surface area contributed by atoms with E-state index in [1.54, 1.807) is 12.1 Å². The summed E-state index contributed by atoms with van der Waals surface area (Å²) in [5.41, 5.74) is 1.84. The number of hydrogen-bond acceptors (Lipinski definition) is 3. The van der Waals surface area contributed by atoms with Crippen LogP contribution in [0, 0.1) is 34.3 Å². The average Bonchev–Trinajstić information content (AvgIpc) is 2.99.